The van der Waals surface area contributed by atoms with Gasteiger partial charge < -0.3 is 10.2 Å². The molecule has 2 N–H and O–H groups in total. The Bertz CT molecular complexity index is 1260. The van der Waals surface area contributed by atoms with Crippen LogP contribution in [0.15, 0.2) is 84.9 Å². The SMILES string of the molecule is O=C(O)c1ccc(-c2ccc(F)cc2)cc1C=CCc1cccc2ccc(O)cc12. The Morgan fingerprint density at radius 2 is 1.67 bits per heavy atom. The molecule has 0 fully saturated rings. The Hall–Kier alpha value is -3.92. The van der Waals surface area contributed by atoms with E-state index in [1.165, 1.54) is 12.1 Å². The summed E-state index contributed by atoms with van der Waals surface area (Å²) >= 11 is 0. The highest BCUT2D eigenvalue weighted by Crippen LogP contribution is 2.26. The molecule has 0 heterocycles. The number of carboxylic acids is 1. The minimum atomic E-state index is -1.00. The summed E-state index contributed by atoms with van der Waals surface area (Å²) in [5.74, 6) is -1.11. The van der Waals surface area contributed by atoms with Gasteiger partial charge in [-0.2, -0.15) is 0 Å². The van der Waals surface area contributed by atoms with Crippen LogP contribution in [0.5, 0.6) is 5.75 Å². The lowest BCUT2D eigenvalue weighted by Gasteiger charge is -2.08. The summed E-state index contributed by atoms with van der Waals surface area (Å²) in [6, 6.07) is 22.4. The molecule has 0 aliphatic carbocycles. The first-order valence-electron chi connectivity index (χ1n) is 9.52. The molecule has 4 heteroatoms. The molecule has 4 aromatic carbocycles. The van der Waals surface area contributed by atoms with Crippen molar-refractivity contribution in [3.63, 3.8) is 0 Å². The van der Waals surface area contributed by atoms with Crippen LogP contribution in [0.4, 0.5) is 4.39 Å². The molecule has 0 saturated heterocycles. The third-order valence-electron chi connectivity index (χ3n) is 5.05. The van der Waals surface area contributed by atoms with Gasteiger partial charge in [0, 0.05) is 0 Å². The number of hydrogen-bond acceptors (Lipinski definition) is 2. The highest BCUT2D eigenvalue weighted by Gasteiger charge is 2.10. The molecule has 0 saturated carbocycles. The molecule has 0 amide bonds. The number of phenolic OH excluding ortho intramolecular Hbond substituents is 1. The highest BCUT2D eigenvalue weighted by molar-refractivity contribution is 5.93. The first-order valence-corrected chi connectivity index (χ1v) is 9.52. The van der Waals surface area contributed by atoms with Gasteiger partial charge in [-0.25, -0.2) is 9.18 Å². The predicted octanol–water partition coefficient (Wildman–Crippen LogP) is 6.31. The zero-order chi connectivity index (χ0) is 21.1. The molecule has 0 bridgehead atoms. The van der Waals surface area contributed by atoms with Crippen molar-refractivity contribution in [2.24, 2.45) is 0 Å². The van der Waals surface area contributed by atoms with E-state index < -0.39 is 5.97 Å². The van der Waals surface area contributed by atoms with E-state index in [0.29, 0.717) is 12.0 Å². The summed E-state index contributed by atoms with van der Waals surface area (Å²) in [6.45, 7) is 0. The number of fused-ring (bicyclic) bond motifs is 1. The number of rotatable bonds is 5. The fourth-order valence-corrected chi connectivity index (χ4v) is 3.53. The summed E-state index contributed by atoms with van der Waals surface area (Å²) in [6.07, 6.45) is 4.29. The van der Waals surface area contributed by atoms with E-state index in [1.807, 2.05) is 30.3 Å². The van der Waals surface area contributed by atoms with Gasteiger partial charge in [0.1, 0.15) is 11.6 Å². The first-order chi connectivity index (χ1) is 14.5. The second-order valence-electron chi connectivity index (χ2n) is 7.04. The van der Waals surface area contributed by atoms with Crippen LogP contribution < -0.4 is 0 Å². The Kier molecular flexibility index (Phi) is 5.31. The molecule has 0 atom stereocenters. The van der Waals surface area contributed by atoms with Crippen molar-refractivity contribution in [2.45, 2.75) is 6.42 Å². The number of carbonyl (C=O) groups is 1. The van der Waals surface area contributed by atoms with Gasteiger partial charge in [0.15, 0.2) is 0 Å². The van der Waals surface area contributed by atoms with Crippen LogP contribution in [-0.2, 0) is 6.42 Å². The van der Waals surface area contributed by atoms with Gasteiger partial charge in [-0.15, -0.1) is 0 Å². The van der Waals surface area contributed by atoms with Crippen molar-refractivity contribution in [3.05, 3.63) is 107 Å². The van der Waals surface area contributed by atoms with Crippen molar-refractivity contribution in [2.75, 3.05) is 0 Å². The molecular weight excluding hydrogens is 379 g/mol. The Labute approximate surface area is 173 Å². The Morgan fingerprint density at radius 1 is 0.900 bits per heavy atom. The van der Waals surface area contributed by atoms with Crippen LogP contribution in [0.2, 0.25) is 0 Å². The average Bonchev–Trinajstić information content (AvgIpc) is 2.74. The maximum Gasteiger partial charge on any atom is 0.336 e. The number of allylic oxidation sites excluding steroid dienone is 1. The third-order valence-corrected chi connectivity index (χ3v) is 5.05. The minimum Gasteiger partial charge on any atom is -0.508 e. The lowest BCUT2D eigenvalue weighted by Crippen LogP contribution is -1.99. The number of aromatic hydroxyl groups is 1. The second kappa shape index (κ2) is 8.21. The molecule has 0 spiro atoms. The maximum atomic E-state index is 13.2. The molecule has 4 rings (SSSR count). The molecule has 0 radical (unpaired) electrons. The van der Waals surface area contributed by atoms with E-state index in [9.17, 15) is 19.4 Å². The number of benzene rings is 4. The standard InChI is InChI=1S/C26H19FO3/c27-22-11-7-17(8-12-22)20-10-14-24(26(29)30)21(15-20)6-2-4-18-3-1-5-19-9-13-23(28)16-25(18)19/h1-3,5-16,28H,4H2,(H,29,30). The zero-order valence-electron chi connectivity index (χ0n) is 16.0. The van der Waals surface area contributed by atoms with Crippen molar-refractivity contribution in [1.82, 2.24) is 0 Å². The van der Waals surface area contributed by atoms with E-state index >= 15 is 0 Å². The smallest absolute Gasteiger partial charge is 0.336 e. The summed E-state index contributed by atoms with van der Waals surface area (Å²) in [7, 11) is 0. The molecule has 3 nitrogen and oxygen atoms in total. The molecule has 148 valence electrons. The molecule has 4 aromatic rings. The van der Waals surface area contributed by atoms with E-state index in [1.54, 1.807) is 48.5 Å². The van der Waals surface area contributed by atoms with Crippen molar-refractivity contribution in [3.8, 4) is 16.9 Å². The van der Waals surface area contributed by atoms with Crippen LogP contribution >= 0.6 is 0 Å². The van der Waals surface area contributed by atoms with Gasteiger partial charge in [0.2, 0.25) is 0 Å². The second-order valence-corrected chi connectivity index (χ2v) is 7.04. The highest BCUT2D eigenvalue weighted by atomic mass is 19.1. The minimum absolute atomic E-state index is 0.202. The van der Waals surface area contributed by atoms with Gasteiger partial charge in [0.25, 0.3) is 0 Å². The maximum absolute atomic E-state index is 13.2. The summed E-state index contributed by atoms with van der Waals surface area (Å²) in [4.78, 5) is 11.6. The average molecular weight is 398 g/mol. The monoisotopic (exact) mass is 398 g/mol. The van der Waals surface area contributed by atoms with Crippen LogP contribution in [0, 0.1) is 5.82 Å². The molecule has 30 heavy (non-hydrogen) atoms. The fraction of sp³-hybridized carbons (Fsp3) is 0.0385. The molecular formula is C26H19FO3. The van der Waals surface area contributed by atoms with Crippen LogP contribution in [-0.4, -0.2) is 16.2 Å². The number of hydrogen-bond donors (Lipinski definition) is 2. The van der Waals surface area contributed by atoms with E-state index in [2.05, 4.69) is 0 Å². The number of aromatic carboxylic acids is 1. The largest absolute Gasteiger partial charge is 0.508 e. The molecule has 0 unspecified atom stereocenters. The van der Waals surface area contributed by atoms with Gasteiger partial charge in [-0.05, 0) is 75.8 Å². The van der Waals surface area contributed by atoms with Gasteiger partial charge in [-0.3, -0.25) is 0 Å². The van der Waals surface area contributed by atoms with Crippen LogP contribution in [0.1, 0.15) is 21.5 Å². The predicted molar refractivity (Wildman–Crippen MR) is 117 cm³/mol. The van der Waals surface area contributed by atoms with Crippen molar-refractivity contribution < 1.29 is 19.4 Å². The number of carboxylic acid groups (broad SMARTS) is 1. The van der Waals surface area contributed by atoms with E-state index in [-0.39, 0.29) is 17.1 Å². The van der Waals surface area contributed by atoms with E-state index in [0.717, 1.165) is 27.5 Å². The Morgan fingerprint density at radius 3 is 2.43 bits per heavy atom. The first kappa shape index (κ1) is 19.4. The van der Waals surface area contributed by atoms with Gasteiger partial charge in [-0.1, -0.05) is 54.6 Å². The Balaban J connectivity index is 1.67. The summed E-state index contributed by atoms with van der Waals surface area (Å²) in [5, 5.41) is 21.3. The number of phenols is 1. The van der Waals surface area contributed by atoms with Gasteiger partial charge in [0.05, 0.1) is 5.56 Å². The van der Waals surface area contributed by atoms with E-state index in [4.69, 9.17) is 0 Å². The quantitative estimate of drug-likeness (QED) is 0.414. The fourth-order valence-electron chi connectivity index (χ4n) is 3.53. The van der Waals surface area contributed by atoms with Gasteiger partial charge >= 0.3 is 5.97 Å². The van der Waals surface area contributed by atoms with Crippen molar-refractivity contribution in [1.29, 1.82) is 0 Å². The third kappa shape index (κ3) is 4.08. The summed E-state index contributed by atoms with van der Waals surface area (Å²) < 4.78 is 13.2. The topological polar surface area (TPSA) is 57.5 Å². The number of halogens is 1. The van der Waals surface area contributed by atoms with Crippen molar-refractivity contribution >= 4 is 22.8 Å². The van der Waals surface area contributed by atoms with Crippen LogP contribution in [0.3, 0.4) is 0 Å². The van der Waals surface area contributed by atoms with Crippen LogP contribution in [0.25, 0.3) is 28.0 Å². The summed E-state index contributed by atoms with van der Waals surface area (Å²) in [5.41, 5.74) is 3.44. The zero-order valence-corrected chi connectivity index (χ0v) is 16.0. The lowest BCUT2D eigenvalue weighted by molar-refractivity contribution is 0.0696. The molecule has 0 aliphatic rings. The molecule has 0 aliphatic heterocycles. The lowest BCUT2D eigenvalue weighted by atomic mass is 9.97. The molecule has 0 aromatic heterocycles. The normalized spacial score (nSPS) is 11.2.